The zero-order valence-corrected chi connectivity index (χ0v) is 20.9. The van der Waals surface area contributed by atoms with Gasteiger partial charge in [-0.2, -0.15) is 26.3 Å². The number of fused-ring (bicyclic) bond motifs is 2. The number of halogens is 15. The molecule has 15 heteroatoms. The van der Waals surface area contributed by atoms with E-state index in [1.165, 1.54) is 6.07 Å². The van der Waals surface area contributed by atoms with Crippen LogP contribution in [0.4, 0.5) is 65.9 Å². The summed E-state index contributed by atoms with van der Waals surface area (Å²) >= 11 is 0. The van der Waals surface area contributed by atoms with Crippen molar-refractivity contribution < 1.29 is 65.9 Å². The second-order valence-electron chi connectivity index (χ2n) is 9.35. The summed E-state index contributed by atoms with van der Waals surface area (Å²) in [7, 11) is 0. The van der Waals surface area contributed by atoms with E-state index in [0.29, 0.717) is 6.07 Å². The van der Waals surface area contributed by atoms with Crippen LogP contribution in [-0.2, 0) is 18.8 Å². The zero-order valence-electron chi connectivity index (χ0n) is 20.9. The molecule has 0 amide bonds. The normalized spacial score (nSPS) is 12.5. The molecule has 0 fully saturated rings. The van der Waals surface area contributed by atoms with Crippen molar-refractivity contribution in [3.63, 3.8) is 0 Å². The molecule has 0 aliphatic carbocycles. The molecular formula is C29H9F15. The summed E-state index contributed by atoms with van der Waals surface area (Å²) in [5.74, 6) is -22.9. The molecule has 5 rings (SSSR count). The lowest BCUT2D eigenvalue weighted by molar-refractivity contribution is -0.144. The van der Waals surface area contributed by atoms with Crippen molar-refractivity contribution in [3.05, 3.63) is 117 Å². The van der Waals surface area contributed by atoms with Gasteiger partial charge in [0, 0.05) is 22.9 Å². The minimum absolute atomic E-state index is 0.389. The first-order valence-electron chi connectivity index (χ1n) is 11.9. The molecule has 0 heterocycles. The Balaban J connectivity index is 1.93. The van der Waals surface area contributed by atoms with Gasteiger partial charge in [0.05, 0.1) is 5.56 Å². The summed E-state index contributed by atoms with van der Waals surface area (Å²) in [6.45, 7) is 0. The zero-order chi connectivity index (χ0) is 32.6. The molecule has 0 N–H and O–H groups in total. The molecule has 0 atom stereocenters. The van der Waals surface area contributed by atoms with Crippen molar-refractivity contribution in [2.75, 3.05) is 0 Å². The van der Waals surface area contributed by atoms with Crippen molar-refractivity contribution in [2.45, 2.75) is 18.8 Å². The Bertz CT molecular complexity index is 1940. The van der Waals surface area contributed by atoms with Crippen LogP contribution >= 0.6 is 0 Å². The number of benzene rings is 5. The fourth-order valence-electron chi connectivity index (χ4n) is 5.08. The predicted octanol–water partition coefficient (Wildman–Crippen LogP) is 10.5. The van der Waals surface area contributed by atoms with Crippen LogP contribution < -0.4 is 0 Å². The highest BCUT2D eigenvalue weighted by Crippen LogP contribution is 2.47. The number of alkyl halides is 6. The van der Waals surface area contributed by atoms with Crippen LogP contribution in [-0.4, -0.2) is 0 Å². The molecule has 0 spiro atoms. The van der Waals surface area contributed by atoms with E-state index in [0.717, 1.165) is 30.3 Å². The summed E-state index contributed by atoms with van der Waals surface area (Å²) in [6.07, 6.45) is -13.1. The third-order valence-corrected chi connectivity index (χ3v) is 6.90. The van der Waals surface area contributed by atoms with Gasteiger partial charge in [-0.25, -0.2) is 39.5 Å². The van der Waals surface area contributed by atoms with E-state index in [1.54, 1.807) is 0 Å². The molecule has 0 radical (unpaired) electrons. The molecule has 0 aromatic heterocycles. The van der Waals surface area contributed by atoms with Crippen LogP contribution in [0, 0.1) is 52.4 Å². The van der Waals surface area contributed by atoms with Crippen LogP contribution in [0.25, 0.3) is 32.7 Å². The smallest absolute Gasteiger partial charge is 0.206 e. The monoisotopic (exact) mass is 642 g/mol. The maximum absolute atomic E-state index is 15.4. The minimum Gasteiger partial charge on any atom is -0.206 e. The fourth-order valence-corrected chi connectivity index (χ4v) is 5.08. The second kappa shape index (κ2) is 10.3. The lowest BCUT2D eigenvalue weighted by atomic mass is 9.85. The third-order valence-electron chi connectivity index (χ3n) is 6.90. The van der Waals surface area contributed by atoms with Crippen molar-refractivity contribution in [1.29, 1.82) is 0 Å². The molecule has 5 aromatic carbocycles. The maximum atomic E-state index is 15.4. The van der Waals surface area contributed by atoms with Crippen LogP contribution in [0.1, 0.15) is 22.3 Å². The number of hydrogen-bond donors (Lipinski definition) is 0. The quantitative estimate of drug-likeness (QED) is 0.104. The molecule has 230 valence electrons. The van der Waals surface area contributed by atoms with Gasteiger partial charge in [0.15, 0.2) is 46.5 Å². The first-order chi connectivity index (χ1) is 20.4. The Morgan fingerprint density at radius 2 is 0.841 bits per heavy atom. The molecule has 0 bridgehead atoms. The number of rotatable bonds is 3. The van der Waals surface area contributed by atoms with Gasteiger partial charge in [-0.15, -0.1) is 0 Å². The molecule has 0 unspecified atom stereocenters. The van der Waals surface area contributed by atoms with Crippen molar-refractivity contribution in [3.8, 4) is 11.1 Å². The van der Waals surface area contributed by atoms with Gasteiger partial charge in [0.25, 0.3) is 0 Å². The summed E-state index contributed by atoms with van der Waals surface area (Å²) in [6, 6.07) is 6.69. The van der Waals surface area contributed by atoms with E-state index < -0.39 is 121 Å². The Hall–Kier alpha value is -4.43. The van der Waals surface area contributed by atoms with Gasteiger partial charge in [0.2, 0.25) is 0 Å². The SMILES string of the molecule is Fc1c(F)c(C(F)(F)F)c(F)c(F)c1Cc1c2ccccc2c(-c2c(F)c(F)c(C(F)(F)F)c(F)c2F)c2c(F)cccc12. The molecule has 0 nitrogen and oxygen atoms in total. The van der Waals surface area contributed by atoms with Gasteiger partial charge < -0.3 is 0 Å². The van der Waals surface area contributed by atoms with E-state index >= 15 is 13.2 Å². The van der Waals surface area contributed by atoms with Crippen LogP contribution in [0.2, 0.25) is 0 Å². The van der Waals surface area contributed by atoms with Crippen LogP contribution in [0.5, 0.6) is 0 Å². The highest BCUT2D eigenvalue weighted by atomic mass is 19.4. The average molecular weight is 642 g/mol. The van der Waals surface area contributed by atoms with Crippen molar-refractivity contribution in [2.24, 2.45) is 0 Å². The maximum Gasteiger partial charge on any atom is 0.422 e. The highest BCUT2D eigenvalue weighted by Gasteiger charge is 2.44. The Labute approximate surface area is 234 Å². The standard InChI is InChI=1S/C29H9F15/c30-14-7-3-6-11-12(8-13-20(31)24(35)18(28(39,40)41)25(36)21(13)32)9-4-1-2-5-10(9)16(15(11)14)17-22(33)26(37)19(29(42,43)44)27(38)23(17)34/h1-7H,8H2. The van der Waals surface area contributed by atoms with Gasteiger partial charge in [-0.3, -0.25) is 0 Å². The Kier molecular flexibility index (Phi) is 7.29. The van der Waals surface area contributed by atoms with Crippen LogP contribution in [0.15, 0.2) is 42.5 Å². The number of hydrogen-bond acceptors (Lipinski definition) is 0. The molecule has 0 saturated carbocycles. The van der Waals surface area contributed by atoms with Crippen molar-refractivity contribution in [1.82, 2.24) is 0 Å². The minimum atomic E-state index is -5.91. The lowest BCUT2D eigenvalue weighted by Gasteiger charge is -2.21. The molecule has 0 aliphatic rings. The van der Waals surface area contributed by atoms with E-state index in [9.17, 15) is 52.7 Å². The summed E-state index contributed by atoms with van der Waals surface area (Å²) in [5, 5.41) is -2.52. The Morgan fingerprint density at radius 3 is 1.32 bits per heavy atom. The van der Waals surface area contributed by atoms with Gasteiger partial charge >= 0.3 is 12.4 Å². The topological polar surface area (TPSA) is 0 Å². The second-order valence-corrected chi connectivity index (χ2v) is 9.35. The summed E-state index contributed by atoms with van der Waals surface area (Å²) in [4.78, 5) is 0. The van der Waals surface area contributed by atoms with Gasteiger partial charge in [0.1, 0.15) is 16.9 Å². The largest absolute Gasteiger partial charge is 0.422 e. The molecule has 44 heavy (non-hydrogen) atoms. The van der Waals surface area contributed by atoms with Crippen LogP contribution in [0.3, 0.4) is 0 Å². The van der Waals surface area contributed by atoms with E-state index in [1.807, 2.05) is 0 Å². The molecule has 0 saturated heterocycles. The van der Waals surface area contributed by atoms with Gasteiger partial charge in [-0.05, 0) is 27.8 Å². The highest BCUT2D eigenvalue weighted by molar-refractivity contribution is 6.15. The summed E-state index contributed by atoms with van der Waals surface area (Å²) < 4.78 is 212. The lowest BCUT2D eigenvalue weighted by Crippen LogP contribution is -2.17. The van der Waals surface area contributed by atoms with Gasteiger partial charge in [-0.1, -0.05) is 36.4 Å². The third kappa shape index (κ3) is 4.59. The summed E-state index contributed by atoms with van der Waals surface area (Å²) in [5.41, 5.74) is -10.7. The fraction of sp³-hybridized carbons (Fsp3) is 0.103. The molecule has 0 aliphatic heterocycles. The first-order valence-corrected chi connectivity index (χ1v) is 11.9. The Morgan fingerprint density at radius 1 is 0.409 bits per heavy atom. The molecule has 5 aromatic rings. The first kappa shape index (κ1) is 31.0. The van der Waals surface area contributed by atoms with E-state index in [4.69, 9.17) is 0 Å². The predicted molar refractivity (Wildman–Crippen MR) is 126 cm³/mol. The van der Waals surface area contributed by atoms with E-state index in [-0.39, 0.29) is 5.39 Å². The molecular weight excluding hydrogens is 633 g/mol. The van der Waals surface area contributed by atoms with Crippen molar-refractivity contribution >= 4 is 21.5 Å². The van der Waals surface area contributed by atoms with E-state index in [2.05, 4.69) is 0 Å². The average Bonchev–Trinajstić information content (AvgIpc) is 2.93.